The van der Waals surface area contributed by atoms with E-state index in [0.717, 1.165) is 22.2 Å². The van der Waals surface area contributed by atoms with Crippen LogP contribution in [-0.4, -0.2) is 23.3 Å². The molecule has 0 aliphatic carbocycles. The molecule has 6 heteroatoms. The van der Waals surface area contributed by atoms with Crippen molar-refractivity contribution in [3.8, 4) is 5.75 Å². The highest BCUT2D eigenvalue weighted by atomic mass is 16.5. The van der Waals surface area contributed by atoms with Gasteiger partial charge in [-0.15, -0.1) is 0 Å². The van der Waals surface area contributed by atoms with E-state index in [1.165, 1.54) is 6.26 Å². The zero-order valence-corrected chi connectivity index (χ0v) is 15.1. The molecule has 0 atom stereocenters. The number of amides is 1. The Morgan fingerprint density at radius 3 is 2.71 bits per heavy atom. The first-order chi connectivity index (χ1) is 13.8. The van der Waals surface area contributed by atoms with Gasteiger partial charge in [0.25, 0.3) is 0 Å². The molecule has 4 aromatic rings. The Morgan fingerprint density at radius 2 is 1.89 bits per heavy atom. The number of carbonyl (C=O) groups excluding carboxylic acids is 1. The average molecular weight is 373 g/mol. The molecule has 2 heterocycles. The second-order valence-electron chi connectivity index (χ2n) is 6.13. The van der Waals surface area contributed by atoms with E-state index in [1.54, 1.807) is 18.3 Å². The van der Waals surface area contributed by atoms with Crippen LogP contribution < -0.4 is 10.2 Å². The molecule has 0 saturated heterocycles. The molecule has 0 aliphatic rings. The fourth-order valence-corrected chi connectivity index (χ4v) is 2.96. The number of benzene rings is 2. The van der Waals surface area contributed by atoms with Crippen molar-refractivity contribution >= 4 is 23.0 Å². The molecule has 0 saturated carbocycles. The smallest absolute Gasteiger partial charge is 0.307 e. The Morgan fingerprint density at radius 1 is 1.07 bits per heavy atom. The first kappa shape index (κ1) is 17.6. The molecule has 6 nitrogen and oxygen atoms in total. The Kier molecular flexibility index (Phi) is 5.20. The van der Waals surface area contributed by atoms with Crippen molar-refractivity contribution in [3.63, 3.8) is 0 Å². The number of aromatic nitrogens is 1. The fraction of sp³-hybridized carbons (Fsp3) is 0.0909. The summed E-state index contributed by atoms with van der Waals surface area (Å²) in [6.07, 6.45) is 5.09. The van der Waals surface area contributed by atoms with Gasteiger partial charge in [0.2, 0.25) is 0 Å². The van der Waals surface area contributed by atoms with Crippen LogP contribution in [0.2, 0.25) is 0 Å². The maximum Gasteiger partial charge on any atom is 0.307 e. The van der Waals surface area contributed by atoms with Crippen molar-refractivity contribution in [2.45, 2.75) is 6.54 Å². The highest BCUT2D eigenvalue weighted by molar-refractivity contribution is 6.00. The summed E-state index contributed by atoms with van der Waals surface area (Å²) in [6.45, 7) is 1.25. The summed E-state index contributed by atoms with van der Waals surface area (Å²) in [7, 11) is 0. The number of rotatable bonds is 7. The highest BCUT2D eigenvalue weighted by Gasteiger charge is 2.08. The Hall–Kier alpha value is -3.80. The van der Waals surface area contributed by atoms with E-state index in [2.05, 4.69) is 21.2 Å². The van der Waals surface area contributed by atoms with Crippen LogP contribution in [0.15, 0.2) is 88.7 Å². The van der Waals surface area contributed by atoms with Gasteiger partial charge in [0, 0.05) is 22.7 Å². The number of para-hydroxylation sites is 2. The van der Waals surface area contributed by atoms with Gasteiger partial charge < -0.3 is 13.7 Å². The zero-order valence-electron chi connectivity index (χ0n) is 15.1. The van der Waals surface area contributed by atoms with Crippen LogP contribution in [0.3, 0.4) is 0 Å². The normalized spacial score (nSPS) is 11.1. The molecule has 4 rings (SSSR count). The average Bonchev–Trinajstić information content (AvgIpc) is 3.38. The third kappa shape index (κ3) is 3.96. The van der Waals surface area contributed by atoms with E-state index in [9.17, 15) is 4.79 Å². The van der Waals surface area contributed by atoms with Crippen LogP contribution in [-0.2, 0) is 6.54 Å². The molecule has 28 heavy (non-hydrogen) atoms. The molecule has 0 unspecified atom stereocenters. The number of fused-ring (bicyclic) bond motifs is 1. The van der Waals surface area contributed by atoms with E-state index in [1.807, 2.05) is 54.7 Å². The molecular formula is C22H19N3O3. The van der Waals surface area contributed by atoms with Crippen LogP contribution >= 0.6 is 0 Å². The van der Waals surface area contributed by atoms with Gasteiger partial charge in [0.1, 0.15) is 12.4 Å². The second kappa shape index (κ2) is 8.26. The maximum atomic E-state index is 11.9. The van der Waals surface area contributed by atoms with Crippen LogP contribution in [0, 0.1) is 0 Å². The number of hydrazone groups is 1. The molecule has 0 bridgehead atoms. The second-order valence-corrected chi connectivity index (χ2v) is 6.13. The number of ether oxygens (including phenoxy) is 1. The molecule has 140 valence electrons. The Balaban J connectivity index is 1.46. The number of hydrogen-bond acceptors (Lipinski definition) is 4. The number of carbonyl (C=O) groups is 1. The largest absolute Gasteiger partial charge is 0.492 e. The predicted octanol–water partition coefficient (Wildman–Crippen LogP) is 4.08. The van der Waals surface area contributed by atoms with Crippen molar-refractivity contribution < 1.29 is 13.9 Å². The summed E-state index contributed by atoms with van der Waals surface area (Å²) in [5.74, 6) is 0.681. The third-order valence-corrected chi connectivity index (χ3v) is 4.28. The lowest BCUT2D eigenvalue weighted by Crippen LogP contribution is -2.16. The van der Waals surface area contributed by atoms with Crippen LogP contribution in [0.4, 0.5) is 0 Å². The lowest BCUT2D eigenvalue weighted by Gasteiger charge is -2.08. The van der Waals surface area contributed by atoms with Gasteiger partial charge in [0.05, 0.1) is 19.0 Å². The minimum atomic E-state index is -0.388. The number of nitrogens with one attached hydrogen (secondary N) is 1. The SMILES string of the molecule is O=C(N/N=C\c1cn(CCOc2ccccc2)c2ccccc12)c1ccco1. The lowest BCUT2D eigenvalue weighted by atomic mass is 10.2. The highest BCUT2D eigenvalue weighted by Crippen LogP contribution is 2.20. The summed E-state index contributed by atoms with van der Waals surface area (Å²) < 4.78 is 13.0. The minimum Gasteiger partial charge on any atom is -0.492 e. The fourth-order valence-electron chi connectivity index (χ4n) is 2.96. The molecule has 0 radical (unpaired) electrons. The number of furan rings is 1. The molecule has 0 aliphatic heterocycles. The van der Waals surface area contributed by atoms with Crippen molar-refractivity contribution in [1.29, 1.82) is 0 Å². The topological polar surface area (TPSA) is 68.8 Å². The standard InChI is InChI=1S/C22H19N3O3/c26-22(21-11-6-13-28-21)24-23-15-17-16-25(20-10-5-4-9-19(17)20)12-14-27-18-7-2-1-3-8-18/h1-11,13,15-16H,12,14H2,(H,24,26)/b23-15-. The summed E-state index contributed by atoms with van der Waals surface area (Å²) in [5.41, 5.74) is 4.47. The van der Waals surface area contributed by atoms with E-state index >= 15 is 0 Å². The van der Waals surface area contributed by atoms with Gasteiger partial charge in [0.15, 0.2) is 5.76 Å². The van der Waals surface area contributed by atoms with Gasteiger partial charge in [-0.1, -0.05) is 36.4 Å². The first-order valence-corrected chi connectivity index (χ1v) is 8.94. The predicted molar refractivity (Wildman–Crippen MR) is 108 cm³/mol. The van der Waals surface area contributed by atoms with E-state index in [-0.39, 0.29) is 11.7 Å². The third-order valence-electron chi connectivity index (χ3n) is 4.28. The van der Waals surface area contributed by atoms with Gasteiger partial charge >= 0.3 is 5.91 Å². The first-order valence-electron chi connectivity index (χ1n) is 8.94. The molecule has 1 N–H and O–H groups in total. The molecular weight excluding hydrogens is 354 g/mol. The van der Waals surface area contributed by atoms with Crippen LogP contribution in [0.5, 0.6) is 5.75 Å². The van der Waals surface area contributed by atoms with Crippen molar-refractivity contribution in [1.82, 2.24) is 9.99 Å². The van der Waals surface area contributed by atoms with Crippen LogP contribution in [0.25, 0.3) is 10.9 Å². The summed E-state index contributed by atoms with van der Waals surface area (Å²) >= 11 is 0. The number of nitrogens with zero attached hydrogens (tertiary/aromatic N) is 2. The summed E-state index contributed by atoms with van der Waals surface area (Å²) in [6, 6.07) is 21.0. The van der Waals surface area contributed by atoms with E-state index in [4.69, 9.17) is 9.15 Å². The van der Waals surface area contributed by atoms with Gasteiger partial charge in [-0.05, 0) is 30.3 Å². The minimum absolute atomic E-state index is 0.220. The van der Waals surface area contributed by atoms with Crippen molar-refractivity contribution in [3.05, 3.63) is 90.5 Å². The van der Waals surface area contributed by atoms with E-state index in [0.29, 0.717) is 13.2 Å². The van der Waals surface area contributed by atoms with E-state index < -0.39 is 0 Å². The number of hydrogen-bond donors (Lipinski definition) is 1. The van der Waals surface area contributed by atoms with Crippen molar-refractivity contribution in [2.75, 3.05) is 6.61 Å². The van der Waals surface area contributed by atoms with Crippen molar-refractivity contribution in [2.24, 2.45) is 5.10 Å². The lowest BCUT2D eigenvalue weighted by molar-refractivity contribution is 0.0927. The molecule has 0 spiro atoms. The maximum absolute atomic E-state index is 11.9. The molecule has 2 aromatic heterocycles. The molecule has 0 fully saturated rings. The molecule has 2 aromatic carbocycles. The van der Waals surface area contributed by atoms with Gasteiger partial charge in [-0.3, -0.25) is 4.79 Å². The van der Waals surface area contributed by atoms with Gasteiger partial charge in [-0.2, -0.15) is 5.10 Å². The molecule has 1 amide bonds. The quantitative estimate of drug-likeness (QED) is 0.392. The van der Waals surface area contributed by atoms with Gasteiger partial charge in [-0.25, -0.2) is 5.43 Å². The zero-order chi connectivity index (χ0) is 19.2. The summed E-state index contributed by atoms with van der Waals surface area (Å²) in [5, 5.41) is 5.11. The Bertz CT molecular complexity index is 1080. The Labute approximate surface area is 162 Å². The monoisotopic (exact) mass is 373 g/mol. The summed E-state index contributed by atoms with van der Waals surface area (Å²) in [4.78, 5) is 11.9. The van der Waals surface area contributed by atoms with Crippen LogP contribution in [0.1, 0.15) is 16.1 Å².